The zero-order valence-corrected chi connectivity index (χ0v) is 9.75. The average Bonchev–Trinajstić information content (AvgIpc) is 2.16. The summed E-state index contributed by atoms with van der Waals surface area (Å²) in [4.78, 5) is 11.2. The van der Waals surface area contributed by atoms with Crippen LogP contribution >= 0.6 is 15.9 Å². The molecular weight excluding hydrogens is 242 g/mol. The maximum atomic E-state index is 11.2. The highest BCUT2D eigenvalue weighted by Gasteiger charge is 2.06. The molecule has 0 aliphatic rings. The largest absolute Gasteiger partial charge is 0.322 e. The van der Waals surface area contributed by atoms with Gasteiger partial charge in [-0.15, -0.1) is 0 Å². The second kappa shape index (κ2) is 5.27. The summed E-state index contributed by atoms with van der Waals surface area (Å²) < 4.78 is 1.06. The normalized spacial score (nSPS) is 12.5. The van der Waals surface area contributed by atoms with Gasteiger partial charge in [-0.25, -0.2) is 0 Å². The van der Waals surface area contributed by atoms with E-state index >= 15 is 0 Å². The second-order valence-corrected chi connectivity index (χ2v) is 4.30. The number of carbonyl (C=O) groups is 1. The van der Waals surface area contributed by atoms with Crippen molar-refractivity contribution in [3.63, 3.8) is 0 Å². The molecule has 0 saturated heterocycles. The van der Waals surface area contributed by atoms with Gasteiger partial charge in [0.2, 0.25) is 0 Å². The van der Waals surface area contributed by atoms with Crippen LogP contribution in [0.2, 0.25) is 0 Å². The van der Waals surface area contributed by atoms with E-state index in [-0.39, 0.29) is 11.8 Å². The van der Waals surface area contributed by atoms with E-state index in [1.165, 1.54) is 5.56 Å². The quantitative estimate of drug-likeness (QED) is 0.898. The first-order valence-corrected chi connectivity index (χ1v) is 5.41. The Morgan fingerprint density at radius 3 is 2.50 bits per heavy atom. The first-order valence-electron chi connectivity index (χ1n) is 4.62. The molecule has 1 unspecified atom stereocenters. The lowest BCUT2D eigenvalue weighted by Gasteiger charge is -2.04. The van der Waals surface area contributed by atoms with E-state index in [1.807, 2.05) is 24.3 Å². The number of halogens is 1. The van der Waals surface area contributed by atoms with Crippen molar-refractivity contribution in [1.29, 1.82) is 0 Å². The molecule has 14 heavy (non-hydrogen) atoms. The monoisotopic (exact) mass is 255 g/mol. The fraction of sp³-hybridized carbons (Fsp3) is 0.364. The molecule has 0 saturated carbocycles. The summed E-state index contributed by atoms with van der Waals surface area (Å²) in [6.07, 6.45) is 1.30. The van der Waals surface area contributed by atoms with Gasteiger partial charge in [0.05, 0.1) is 6.04 Å². The van der Waals surface area contributed by atoms with Crippen molar-refractivity contribution >= 4 is 21.7 Å². The predicted octanol–water partition coefficient (Wildman–Crippen LogP) is 2.30. The fourth-order valence-corrected chi connectivity index (χ4v) is 1.41. The molecule has 0 aliphatic carbocycles. The first-order chi connectivity index (χ1) is 6.59. The van der Waals surface area contributed by atoms with E-state index in [1.54, 1.807) is 6.92 Å². The van der Waals surface area contributed by atoms with Gasteiger partial charge >= 0.3 is 0 Å². The Morgan fingerprint density at radius 1 is 1.43 bits per heavy atom. The van der Waals surface area contributed by atoms with Crippen molar-refractivity contribution in [2.45, 2.75) is 25.8 Å². The van der Waals surface area contributed by atoms with Crippen LogP contribution in [-0.2, 0) is 11.2 Å². The van der Waals surface area contributed by atoms with Gasteiger partial charge in [0.25, 0.3) is 0 Å². The summed E-state index contributed by atoms with van der Waals surface area (Å²) in [5.74, 6) is 0.118. The minimum absolute atomic E-state index is 0.118. The fourth-order valence-electron chi connectivity index (χ4n) is 1.15. The molecule has 1 rings (SSSR count). The third kappa shape index (κ3) is 3.60. The number of hydrogen-bond donors (Lipinski definition) is 1. The molecule has 0 aliphatic heterocycles. The first kappa shape index (κ1) is 11.4. The zero-order chi connectivity index (χ0) is 10.6. The summed E-state index contributed by atoms with van der Waals surface area (Å²) in [6.45, 7) is 1.73. The number of nitrogens with two attached hydrogens (primary N) is 1. The number of ketones is 1. The molecule has 0 spiro atoms. The predicted molar refractivity (Wildman–Crippen MR) is 61.1 cm³/mol. The van der Waals surface area contributed by atoms with Crippen molar-refractivity contribution in [1.82, 2.24) is 0 Å². The van der Waals surface area contributed by atoms with Gasteiger partial charge in [0.15, 0.2) is 0 Å². The van der Waals surface area contributed by atoms with Gasteiger partial charge < -0.3 is 5.73 Å². The summed E-state index contributed by atoms with van der Waals surface area (Å²) in [5, 5.41) is 0. The highest BCUT2D eigenvalue weighted by atomic mass is 79.9. The molecule has 1 aromatic rings. The van der Waals surface area contributed by atoms with E-state index in [4.69, 9.17) is 5.73 Å². The molecule has 76 valence electrons. The standard InChI is InChI=1S/C11H14BrNO/c1-8(13)11(14)7-4-9-2-5-10(12)6-3-9/h2-3,5-6,8H,4,7,13H2,1H3. The Labute approximate surface area is 92.6 Å². The molecular formula is C11H14BrNO. The number of Topliss-reactive ketones (excluding diaryl/α,β-unsaturated/α-hetero) is 1. The SMILES string of the molecule is CC(N)C(=O)CCc1ccc(Br)cc1. The van der Waals surface area contributed by atoms with Crippen molar-refractivity contribution < 1.29 is 4.79 Å². The van der Waals surface area contributed by atoms with Crippen molar-refractivity contribution in [3.05, 3.63) is 34.3 Å². The Bertz CT molecular complexity index is 306. The van der Waals surface area contributed by atoms with Crippen molar-refractivity contribution in [2.24, 2.45) is 5.73 Å². The maximum Gasteiger partial charge on any atom is 0.149 e. The Hall–Kier alpha value is -0.670. The third-order valence-corrected chi connectivity index (χ3v) is 2.61. The molecule has 0 aromatic heterocycles. The molecule has 0 amide bonds. The number of carbonyl (C=O) groups excluding carboxylic acids is 1. The average molecular weight is 256 g/mol. The van der Waals surface area contributed by atoms with Crippen LogP contribution in [0.1, 0.15) is 18.9 Å². The Kier molecular flexibility index (Phi) is 4.29. The van der Waals surface area contributed by atoms with Gasteiger partial charge in [-0.3, -0.25) is 4.79 Å². The molecule has 2 N–H and O–H groups in total. The molecule has 0 heterocycles. The number of hydrogen-bond acceptors (Lipinski definition) is 2. The van der Waals surface area contributed by atoms with Crippen LogP contribution in [0.5, 0.6) is 0 Å². The van der Waals surface area contributed by atoms with E-state index in [9.17, 15) is 4.79 Å². The van der Waals surface area contributed by atoms with Gasteiger partial charge in [0.1, 0.15) is 5.78 Å². The van der Waals surface area contributed by atoms with Crippen LogP contribution in [0, 0.1) is 0 Å². The summed E-state index contributed by atoms with van der Waals surface area (Å²) >= 11 is 3.36. The summed E-state index contributed by atoms with van der Waals surface area (Å²) in [5.41, 5.74) is 6.64. The number of benzene rings is 1. The van der Waals surface area contributed by atoms with Gasteiger partial charge in [0, 0.05) is 10.9 Å². The van der Waals surface area contributed by atoms with E-state index in [0.717, 1.165) is 10.9 Å². The van der Waals surface area contributed by atoms with E-state index in [2.05, 4.69) is 15.9 Å². The molecule has 2 nitrogen and oxygen atoms in total. The van der Waals surface area contributed by atoms with Gasteiger partial charge in [-0.1, -0.05) is 28.1 Å². The molecule has 1 aromatic carbocycles. The zero-order valence-electron chi connectivity index (χ0n) is 8.16. The number of aryl methyl sites for hydroxylation is 1. The lowest BCUT2D eigenvalue weighted by molar-refractivity contribution is -0.119. The molecule has 0 bridgehead atoms. The maximum absolute atomic E-state index is 11.2. The summed E-state index contributed by atoms with van der Waals surface area (Å²) in [7, 11) is 0. The van der Waals surface area contributed by atoms with Crippen LogP contribution in [0.4, 0.5) is 0 Å². The number of rotatable bonds is 4. The smallest absolute Gasteiger partial charge is 0.149 e. The van der Waals surface area contributed by atoms with Crippen LogP contribution in [-0.4, -0.2) is 11.8 Å². The van der Waals surface area contributed by atoms with Crippen LogP contribution in [0.3, 0.4) is 0 Å². The highest BCUT2D eigenvalue weighted by Crippen LogP contribution is 2.11. The molecule has 0 fully saturated rings. The molecule has 0 radical (unpaired) electrons. The van der Waals surface area contributed by atoms with Crippen LogP contribution in [0.15, 0.2) is 28.7 Å². The Morgan fingerprint density at radius 2 is 2.00 bits per heavy atom. The lowest BCUT2D eigenvalue weighted by Crippen LogP contribution is -2.26. The molecule has 3 heteroatoms. The Balaban J connectivity index is 2.46. The van der Waals surface area contributed by atoms with Crippen molar-refractivity contribution in [2.75, 3.05) is 0 Å². The topological polar surface area (TPSA) is 43.1 Å². The highest BCUT2D eigenvalue weighted by molar-refractivity contribution is 9.10. The minimum Gasteiger partial charge on any atom is -0.322 e. The lowest BCUT2D eigenvalue weighted by atomic mass is 10.1. The van der Waals surface area contributed by atoms with Crippen LogP contribution in [0.25, 0.3) is 0 Å². The summed E-state index contributed by atoms with van der Waals surface area (Å²) in [6, 6.07) is 7.64. The van der Waals surface area contributed by atoms with Gasteiger partial charge in [-0.2, -0.15) is 0 Å². The van der Waals surface area contributed by atoms with Crippen LogP contribution < -0.4 is 5.73 Å². The third-order valence-electron chi connectivity index (χ3n) is 2.08. The second-order valence-electron chi connectivity index (χ2n) is 3.38. The van der Waals surface area contributed by atoms with E-state index in [0.29, 0.717) is 6.42 Å². The molecule has 1 atom stereocenters. The van der Waals surface area contributed by atoms with Crippen molar-refractivity contribution in [3.8, 4) is 0 Å². The minimum atomic E-state index is -0.342. The van der Waals surface area contributed by atoms with Gasteiger partial charge in [-0.05, 0) is 31.0 Å². The van der Waals surface area contributed by atoms with E-state index < -0.39 is 0 Å².